The molecule has 0 saturated carbocycles. The normalized spacial score (nSPS) is 13.9. The Morgan fingerprint density at radius 1 is 1.11 bits per heavy atom. The lowest BCUT2D eigenvalue weighted by atomic mass is 9.80. The molecule has 0 aliphatic heterocycles. The van der Waals surface area contributed by atoms with Gasteiger partial charge in [-0.3, -0.25) is 9.69 Å². The molecule has 0 radical (unpaired) electrons. The minimum Gasteiger partial charge on any atom is -0.298 e. The lowest BCUT2D eigenvalue weighted by molar-refractivity contribution is -0.131. The predicted octanol–water partition coefficient (Wildman–Crippen LogP) is 4.28. The Morgan fingerprint density at radius 3 is 2.00 bits per heavy atom. The van der Waals surface area contributed by atoms with Gasteiger partial charge in [0.25, 0.3) is 0 Å². The third-order valence-electron chi connectivity index (χ3n) is 4.56. The lowest BCUT2D eigenvalue weighted by Crippen LogP contribution is -2.50. The Labute approximate surface area is 114 Å². The second-order valence-electron chi connectivity index (χ2n) is 5.68. The number of ketones is 1. The van der Waals surface area contributed by atoms with Crippen LogP contribution in [0.4, 0.5) is 0 Å². The summed E-state index contributed by atoms with van der Waals surface area (Å²) in [7, 11) is 4.08. The summed E-state index contributed by atoms with van der Waals surface area (Å²) in [5.74, 6) is 1.02. The zero-order valence-corrected chi connectivity index (χ0v) is 13.4. The van der Waals surface area contributed by atoms with E-state index in [9.17, 15) is 4.79 Å². The van der Waals surface area contributed by atoms with E-state index in [1.807, 2.05) is 14.1 Å². The van der Waals surface area contributed by atoms with Crippen LogP contribution in [0.2, 0.25) is 0 Å². The summed E-state index contributed by atoms with van der Waals surface area (Å²) in [5.41, 5.74) is -0.236. The van der Waals surface area contributed by atoms with E-state index in [-0.39, 0.29) is 5.54 Å². The highest BCUT2D eigenvalue weighted by Crippen LogP contribution is 2.28. The van der Waals surface area contributed by atoms with Gasteiger partial charge in [-0.25, -0.2) is 0 Å². The molecule has 0 aromatic carbocycles. The molecule has 0 N–H and O–H groups in total. The minimum atomic E-state index is -0.236. The number of likely N-dealkylation sites (N-methyl/N-ethyl adjacent to an activating group) is 1. The summed E-state index contributed by atoms with van der Waals surface area (Å²) in [4.78, 5) is 14.8. The molecule has 0 heterocycles. The monoisotopic (exact) mass is 255 g/mol. The number of carbonyl (C=O) groups is 1. The SMILES string of the molecule is CCCCC(CC)CC(=O)C(CC)(CC)N(C)C. The first-order valence-corrected chi connectivity index (χ1v) is 7.69. The smallest absolute Gasteiger partial charge is 0.153 e. The van der Waals surface area contributed by atoms with Crippen LogP contribution >= 0.6 is 0 Å². The predicted molar refractivity (Wildman–Crippen MR) is 79.9 cm³/mol. The zero-order chi connectivity index (χ0) is 14.2. The van der Waals surface area contributed by atoms with Crippen LogP contribution < -0.4 is 0 Å². The van der Waals surface area contributed by atoms with Gasteiger partial charge in [-0.05, 0) is 32.9 Å². The quantitative estimate of drug-likeness (QED) is 0.580. The molecule has 18 heavy (non-hydrogen) atoms. The Balaban J connectivity index is 4.68. The number of carbonyl (C=O) groups excluding carboxylic acids is 1. The first-order valence-electron chi connectivity index (χ1n) is 7.69. The number of rotatable bonds is 10. The van der Waals surface area contributed by atoms with E-state index >= 15 is 0 Å². The van der Waals surface area contributed by atoms with Gasteiger partial charge in [-0.15, -0.1) is 0 Å². The maximum absolute atomic E-state index is 12.7. The second-order valence-corrected chi connectivity index (χ2v) is 5.68. The van der Waals surface area contributed by atoms with Crippen molar-refractivity contribution in [3.8, 4) is 0 Å². The molecule has 0 saturated heterocycles. The topological polar surface area (TPSA) is 20.3 Å². The fourth-order valence-electron chi connectivity index (χ4n) is 2.92. The second kappa shape index (κ2) is 8.68. The molecular formula is C16H33NO. The van der Waals surface area contributed by atoms with Gasteiger partial charge in [-0.1, -0.05) is 53.4 Å². The highest BCUT2D eigenvalue weighted by Gasteiger charge is 2.37. The van der Waals surface area contributed by atoms with Crippen molar-refractivity contribution < 1.29 is 4.79 Å². The first kappa shape index (κ1) is 17.6. The molecule has 0 bridgehead atoms. The minimum absolute atomic E-state index is 0.236. The van der Waals surface area contributed by atoms with Crippen molar-refractivity contribution >= 4 is 5.78 Å². The summed E-state index contributed by atoms with van der Waals surface area (Å²) < 4.78 is 0. The van der Waals surface area contributed by atoms with Gasteiger partial charge in [0, 0.05) is 6.42 Å². The Morgan fingerprint density at radius 2 is 1.67 bits per heavy atom. The Hall–Kier alpha value is -0.370. The summed E-state index contributed by atoms with van der Waals surface area (Å²) in [6, 6.07) is 0. The van der Waals surface area contributed by atoms with Crippen LogP contribution in [0.5, 0.6) is 0 Å². The third-order valence-corrected chi connectivity index (χ3v) is 4.56. The van der Waals surface area contributed by atoms with Gasteiger partial charge in [0.05, 0.1) is 5.54 Å². The molecule has 0 aromatic heterocycles. The molecule has 2 heteroatoms. The van der Waals surface area contributed by atoms with E-state index in [0.717, 1.165) is 25.7 Å². The van der Waals surface area contributed by atoms with Crippen molar-refractivity contribution in [2.24, 2.45) is 5.92 Å². The highest BCUT2D eigenvalue weighted by molar-refractivity contribution is 5.88. The van der Waals surface area contributed by atoms with Gasteiger partial charge in [0.2, 0.25) is 0 Å². The van der Waals surface area contributed by atoms with Crippen LogP contribution in [0.3, 0.4) is 0 Å². The molecule has 0 aromatic rings. The number of nitrogens with zero attached hydrogens (tertiary/aromatic N) is 1. The number of hydrogen-bond donors (Lipinski definition) is 0. The fourth-order valence-corrected chi connectivity index (χ4v) is 2.92. The van der Waals surface area contributed by atoms with Gasteiger partial charge in [-0.2, -0.15) is 0 Å². The molecule has 0 fully saturated rings. The third kappa shape index (κ3) is 4.38. The van der Waals surface area contributed by atoms with Crippen LogP contribution in [0.1, 0.15) is 72.6 Å². The number of Topliss-reactive ketones (excluding diaryl/α,β-unsaturated/α-hetero) is 1. The van der Waals surface area contributed by atoms with Crippen LogP contribution in [0, 0.1) is 5.92 Å². The van der Waals surface area contributed by atoms with E-state index < -0.39 is 0 Å². The summed E-state index contributed by atoms with van der Waals surface area (Å²) >= 11 is 0. The Bertz CT molecular complexity index is 231. The van der Waals surface area contributed by atoms with Gasteiger partial charge in [0.1, 0.15) is 0 Å². The molecule has 0 aliphatic rings. The fraction of sp³-hybridized carbons (Fsp3) is 0.938. The molecule has 0 spiro atoms. The van der Waals surface area contributed by atoms with Gasteiger partial charge < -0.3 is 0 Å². The molecule has 0 amide bonds. The maximum atomic E-state index is 12.7. The number of hydrogen-bond acceptors (Lipinski definition) is 2. The standard InChI is InChI=1S/C16H33NO/c1-7-11-12-14(8-2)13-15(18)16(9-3,10-4)17(5)6/h14H,7-13H2,1-6H3. The van der Waals surface area contributed by atoms with Crippen molar-refractivity contribution in [2.75, 3.05) is 14.1 Å². The largest absolute Gasteiger partial charge is 0.298 e. The zero-order valence-electron chi connectivity index (χ0n) is 13.4. The summed E-state index contributed by atoms with van der Waals surface area (Å²) in [6.07, 6.45) is 7.40. The summed E-state index contributed by atoms with van der Waals surface area (Å²) in [6.45, 7) is 8.70. The van der Waals surface area contributed by atoms with Crippen LogP contribution in [0.15, 0.2) is 0 Å². The van der Waals surface area contributed by atoms with Crippen LogP contribution in [-0.4, -0.2) is 30.3 Å². The van der Waals surface area contributed by atoms with E-state index in [0.29, 0.717) is 11.7 Å². The molecule has 1 atom stereocenters. The number of unbranched alkanes of at least 4 members (excludes halogenated alkanes) is 1. The lowest BCUT2D eigenvalue weighted by Gasteiger charge is -2.38. The molecule has 1 unspecified atom stereocenters. The van der Waals surface area contributed by atoms with E-state index in [2.05, 4.69) is 32.6 Å². The van der Waals surface area contributed by atoms with Gasteiger partial charge in [0.15, 0.2) is 5.78 Å². The average Bonchev–Trinajstić information content (AvgIpc) is 2.36. The van der Waals surface area contributed by atoms with Crippen molar-refractivity contribution in [1.82, 2.24) is 4.90 Å². The van der Waals surface area contributed by atoms with Crippen LogP contribution in [-0.2, 0) is 4.79 Å². The van der Waals surface area contributed by atoms with E-state index in [1.54, 1.807) is 0 Å². The molecule has 2 nitrogen and oxygen atoms in total. The van der Waals surface area contributed by atoms with Crippen molar-refractivity contribution in [3.05, 3.63) is 0 Å². The highest BCUT2D eigenvalue weighted by atomic mass is 16.1. The molecule has 0 aliphatic carbocycles. The van der Waals surface area contributed by atoms with E-state index in [4.69, 9.17) is 0 Å². The Kier molecular flexibility index (Phi) is 8.51. The van der Waals surface area contributed by atoms with Crippen molar-refractivity contribution in [2.45, 2.75) is 78.2 Å². The first-order chi connectivity index (χ1) is 8.48. The van der Waals surface area contributed by atoms with Crippen molar-refractivity contribution in [1.29, 1.82) is 0 Å². The molecule has 108 valence electrons. The summed E-state index contributed by atoms with van der Waals surface area (Å²) in [5, 5.41) is 0. The van der Waals surface area contributed by atoms with E-state index in [1.165, 1.54) is 19.3 Å². The maximum Gasteiger partial charge on any atom is 0.153 e. The average molecular weight is 255 g/mol. The van der Waals surface area contributed by atoms with Crippen LogP contribution in [0.25, 0.3) is 0 Å². The molecule has 0 rings (SSSR count). The van der Waals surface area contributed by atoms with Gasteiger partial charge >= 0.3 is 0 Å². The van der Waals surface area contributed by atoms with Crippen molar-refractivity contribution in [3.63, 3.8) is 0 Å². The molecular weight excluding hydrogens is 222 g/mol.